The van der Waals surface area contributed by atoms with Gasteiger partial charge in [0.05, 0.1) is 5.56 Å². The van der Waals surface area contributed by atoms with E-state index in [0.717, 1.165) is 17.3 Å². The van der Waals surface area contributed by atoms with E-state index in [0.29, 0.717) is 17.4 Å². The van der Waals surface area contributed by atoms with Gasteiger partial charge in [0.2, 0.25) is 0 Å². The Labute approximate surface area is 172 Å². The van der Waals surface area contributed by atoms with Gasteiger partial charge in [-0.15, -0.1) is 0 Å². The summed E-state index contributed by atoms with van der Waals surface area (Å²) in [6.07, 6.45) is 1.24. The average molecular weight is 637 g/mol. The van der Waals surface area contributed by atoms with E-state index in [-0.39, 0.29) is 5.97 Å². The van der Waals surface area contributed by atoms with E-state index in [1.165, 1.54) is 19.5 Å². The minimum atomic E-state index is -0.410. The minimum Gasteiger partial charge on any atom is -0.456 e. The van der Waals surface area contributed by atoms with Crippen molar-refractivity contribution in [2.24, 2.45) is 11.8 Å². The predicted molar refractivity (Wildman–Crippen MR) is 112 cm³/mol. The Bertz CT molecular complexity index is 618. The molecule has 2 fully saturated rings. The van der Waals surface area contributed by atoms with Crippen LogP contribution in [0.5, 0.6) is 0 Å². The Morgan fingerprint density at radius 1 is 1.27 bits per heavy atom. The molecule has 2 saturated heterocycles. The lowest BCUT2D eigenvalue weighted by atomic mass is 9.80. The lowest BCUT2D eigenvalue weighted by molar-refractivity contribution is -0.0408. The van der Waals surface area contributed by atoms with Crippen LogP contribution in [0.25, 0.3) is 0 Å². The van der Waals surface area contributed by atoms with E-state index in [2.05, 4.69) is 92.6 Å². The SMILES string of the molecule is CC(C)(OC(=O)c1cc(I)cc(I)c1I)C1CN2CCC1C2. The fourth-order valence-electron chi connectivity index (χ4n) is 3.65. The molecular weight excluding hydrogens is 619 g/mol. The highest BCUT2D eigenvalue weighted by atomic mass is 127. The summed E-state index contributed by atoms with van der Waals surface area (Å²) in [7, 11) is 0. The van der Waals surface area contributed by atoms with Gasteiger partial charge >= 0.3 is 5.97 Å². The van der Waals surface area contributed by atoms with Crippen molar-refractivity contribution in [1.82, 2.24) is 4.90 Å². The van der Waals surface area contributed by atoms with Crippen LogP contribution in [0.2, 0.25) is 0 Å². The Morgan fingerprint density at radius 2 is 2.00 bits per heavy atom. The fraction of sp³-hybridized carbons (Fsp3) is 0.562. The molecule has 1 aromatic carbocycles. The molecule has 22 heavy (non-hydrogen) atoms. The Kier molecular flexibility index (Phi) is 5.32. The van der Waals surface area contributed by atoms with Gasteiger partial charge < -0.3 is 9.64 Å². The molecule has 2 bridgehead atoms. The van der Waals surface area contributed by atoms with Crippen LogP contribution in [-0.4, -0.2) is 36.1 Å². The van der Waals surface area contributed by atoms with E-state index in [4.69, 9.17) is 4.74 Å². The molecule has 0 N–H and O–H groups in total. The highest BCUT2D eigenvalue weighted by molar-refractivity contribution is 14.1. The van der Waals surface area contributed by atoms with Gasteiger partial charge in [-0.3, -0.25) is 0 Å². The van der Waals surface area contributed by atoms with Gasteiger partial charge in [0.1, 0.15) is 5.60 Å². The van der Waals surface area contributed by atoms with Crippen LogP contribution in [0, 0.1) is 22.5 Å². The number of carbonyl (C=O) groups excluding carboxylic acids is 1. The van der Waals surface area contributed by atoms with Crippen LogP contribution in [0.15, 0.2) is 12.1 Å². The molecule has 0 spiro atoms. The summed E-state index contributed by atoms with van der Waals surface area (Å²) < 4.78 is 9.12. The number of nitrogens with zero attached hydrogens (tertiary/aromatic N) is 1. The number of ether oxygens (including phenoxy) is 1. The molecule has 2 aliphatic heterocycles. The van der Waals surface area contributed by atoms with Crippen molar-refractivity contribution >= 4 is 73.7 Å². The highest BCUT2D eigenvalue weighted by Gasteiger charge is 2.47. The number of esters is 1. The number of rotatable bonds is 3. The second-order valence-corrected chi connectivity index (χ2v) is 10.1. The Balaban J connectivity index is 1.79. The second kappa shape index (κ2) is 6.62. The van der Waals surface area contributed by atoms with Crippen molar-refractivity contribution in [3.8, 4) is 0 Å². The number of hydrogen-bond acceptors (Lipinski definition) is 3. The molecule has 3 nitrogen and oxygen atoms in total. The second-order valence-electron chi connectivity index (χ2n) is 6.66. The van der Waals surface area contributed by atoms with E-state index >= 15 is 0 Å². The van der Waals surface area contributed by atoms with Crippen molar-refractivity contribution in [3.63, 3.8) is 0 Å². The fourth-order valence-corrected chi connectivity index (χ4v) is 6.02. The molecule has 0 aliphatic carbocycles. The smallest absolute Gasteiger partial charge is 0.339 e. The van der Waals surface area contributed by atoms with Crippen LogP contribution in [0.1, 0.15) is 30.6 Å². The zero-order valence-electron chi connectivity index (χ0n) is 12.5. The third-order valence-electron chi connectivity index (χ3n) is 4.79. The first kappa shape index (κ1) is 17.7. The summed E-state index contributed by atoms with van der Waals surface area (Å²) in [5.74, 6) is 0.936. The molecule has 3 unspecified atom stereocenters. The number of benzene rings is 1. The average Bonchev–Trinajstić information content (AvgIpc) is 3.05. The third kappa shape index (κ3) is 3.44. The van der Waals surface area contributed by atoms with Crippen molar-refractivity contribution in [1.29, 1.82) is 0 Å². The molecule has 3 atom stereocenters. The molecule has 0 aromatic heterocycles. The van der Waals surface area contributed by atoms with Crippen LogP contribution < -0.4 is 0 Å². The van der Waals surface area contributed by atoms with Crippen LogP contribution in [-0.2, 0) is 4.74 Å². The van der Waals surface area contributed by atoms with E-state index < -0.39 is 5.60 Å². The van der Waals surface area contributed by atoms with E-state index in [1.807, 2.05) is 6.07 Å². The van der Waals surface area contributed by atoms with Crippen molar-refractivity contribution in [2.75, 3.05) is 19.6 Å². The molecule has 0 saturated carbocycles. The number of hydrogen-bond donors (Lipinski definition) is 0. The van der Waals surface area contributed by atoms with Gasteiger partial charge in [-0.05, 0) is 113 Å². The monoisotopic (exact) mass is 637 g/mol. The Hall–Kier alpha value is 0.840. The Morgan fingerprint density at radius 3 is 2.59 bits per heavy atom. The predicted octanol–water partition coefficient (Wildman–Crippen LogP) is 4.39. The maximum absolute atomic E-state index is 12.7. The van der Waals surface area contributed by atoms with E-state index in [9.17, 15) is 4.79 Å². The normalized spacial score (nSPS) is 27.2. The van der Waals surface area contributed by atoms with Gasteiger partial charge in [-0.1, -0.05) is 0 Å². The maximum atomic E-state index is 12.7. The molecule has 3 rings (SSSR count). The van der Waals surface area contributed by atoms with Crippen molar-refractivity contribution < 1.29 is 9.53 Å². The summed E-state index contributed by atoms with van der Waals surface area (Å²) in [5, 5.41) is 0. The van der Waals surface area contributed by atoms with Gasteiger partial charge in [0.15, 0.2) is 0 Å². The first-order chi connectivity index (χ1) is 10.3. The lowest BCUT2D eigenvalue weighted by Gasteiger charge is -2.36. The molecule has 6 heteroatoms. The number of fused-ring (bicyclic) bond motifs is 2. The summed E-state index contributed by atoms with van der Waals surface area (Å²) in [5.41, 5.74) is 0.278. The standard InChI is InChI=1S/C16H18I3NO2/c1-16(2,12-8-20-4-3-9(12)7-20)22-15(21)11-5-10(17)6-13(18)14(11)19/h5-6,9,12H,3-4,7-8H2,1-2H3. The first-order valence-electron chi connectivity index (χ1n) is 7.38. The summed E-state index contributed by atoms with van der Waals surface area (Å²) in [6.45, 7) is 7.58. The third-order valence-corrected chi connectivity index (χ3v) is 8.46. The highest BCUT2D eigenvalue weighted by Crippen LogP contribution is 2.41. The zero-order chi connectivity index (χ0) is 16.1. The van der Waals surface area contributed by atoms with Gasteiger partial charge in [-0.2, -0.15) is 0 Å². The molecule has 2 heterocycles. The summed E-state index contributed by atoms with van der Waals surface area (Å²) >= 11 is 6.76. The largest absolute Gasteiger partial charge is 0.456 e. The topological polar surface area (TPSA) is 29.5 Å². The number of piperidine rings is 1. The van der Waals surface area contributed by atoms with Crippen LogP contribution >= 0.6 is 67.8 Å². The maximum Gasteiger partial charge on any atom is 0.339 e. The van der Waals surface area contributed by atoms with Gasteiger partial charge in [0, 0.05) is 29.7 Å². The van der Waals surface area contributed by atoms with Gasteiger partial charge in [-0.25, -0.2) is 4.79 Å². The number of halogens is 3. The molecule has 0 radical (unpaired) electrons. The van der Waals surface area contributed by atoms with Crippen LogP contribution in [0.3, 0.4) is 0 Å². The lowest BCUT2D eigenvalue weighted by Crippen LogP contribution is -2.43. The summed E-state index contributed by atoms with van der Waals surface area (Å²) in [4.78, 5) is 15.2. The molecule has 2 aliphatic rings. The van der Waals surface area contributed by atoms with Crippen molar-refractivity contribution in [3.05, 3.63) is 28.4 Å². The molecule has 1 aromatic rings. The van der Waals surface area contributed by atoms with Crippen molar-refractivity contribution in [2.45, 2.75) is 25.9 Å². The first-order valence-corrected chi connectivity index (χ1v) is 10.6. The molecule has 0 amide bonds. The quantitative estimate of drug-likeness (QED) is 0.280. The molecular formula is C16H18I3NO2. The summed E-state index contributed by atoms with van der Waals surface area (Å²) in [6, 6.07) is 4.00. The molecule has 120 valence electrons. The zero-order valence-corrected chi connectivity index (χ0v) is 19.0. The number of carbonyl (C=O) groups is 1. The van der Waals surface area contributed by atoms with Gasteiger partial charge in [0.25, 0.3) is 0 Å². The van der Waals surface area contributed by atoms with E-state index in [1.54, 1.807) is 0 Å². The minimum absolute atomic E-state index is 0.191. The van der Waals surface area contributed by atoms with Crippen LogP contribution in [0.4, 0.5) is 0 Å².